The van der Waals surface area contributed by atoms with Gasteiger partial charge in [0.15, 0.2) is 0 Å². The van der Waals surface area contributed by atoms with Crippen LogP contribution in [0.15, 0.2) is 35.2 Å². The zero-order valence-electron chi connectivity index (χ0n) is 15.9. The minimum atomic E-state index is -3.60. The van der Waals surface area contributed by atoms with Gasteiger partial charge < -0.3 is 4.90 Å². The maximum atomic E-state index is 13.0. The average Bonchev–Trinajstić information content (AvgIpc) is 2.91. The van der Waals surface area contributed by atoms with E-state index in [4.69, 9.17) is 0 Å². The molecule has 142 valence electrons. The molecule has 7 heteroatoms. The van der Waals surface area contributed by atoms with Crippen LogP contribution in [0.1, 0.15) is 38.1 Å². The molecule has 1 aliphatic heterocycles. The van der Waals surface area contributed by atoms with Crippen LogP contribution in [0.25, 0.3) is 5.69 Å². The highest BCUT2D eigenvalue weighted by Gasteiger charge is 2.29. The van der Waals surface area contributed by atoms with E-state index in [-0.39, 0.29) is 6.04 Å². The predicted octanol–water partition coefficient (Wildman–Crippen LogP) is 2.64. The van der Waals surface area contributed by atoms with Crippen molar-refractivity contribution in [3.63, 3.8) is 0 Å². The minimum Gasteiger partial charge on any atom is -0.301 e. The minimum absolute atomic E-state index is 0.0196. The summed E-state index contributed by atoms with van der Waals surface area (Å²) in [5, 5.41) is 4.46. The third-order valence-electron chi connectivity index (χ3n) is 5.08. The number of benzene rings is 1. The van der Waals surface area contributed by atoms with Gasteiger partial charge in [0.25, 0.3) is 0 Å². The van der Waals surface area contributed by atoms with E-state index in [1.807, 2.05) is 37.3 Å². The second kappa shape index (κ2) is 7.50. The molecule has 2 aromatic rings. The van der Waals surface area contributed by atoms with Gasteiger partial charge in [-0.15, -0.1) is 0 Å². The summed E-state index contributed by atoms with van der Waals surface area (Å²) in [5.41, 5.74) is 2.03. The van der Waals surface area contributed by atoms with Crippen molar-refractivity contribution in [1.82, 2.24) is 19.4 Å². The molecule has 0 radical (unpaired) electrons. The fourth-order valence-corrected chi connectivity index (χ4v) is 5.35. The Morgan fingerprint density at radius 1 is 1.12 bits per heavy atom. The van der Waals surface area contributed by atoms with E-state index in [1.165, 1.54) is 0 Å². The van der Waals surface area contributed by atoms with Gasteiger partial charge in [-0.2, -0.15) is 5.10 Å². The van der Waals surface area contributed by atoms with E-state index in [1.54, 1.807) is 11.6 Å². The van der Waals surface area contributed by atoms with Crippen molar-refractivity contribution >= 4 is 10.0 Å². The lowest BCUT2D eigenvalue weighted by Gasteiger charge is -2.34. The van der Waals surface area contributed by atoms with Gasteiger partial charge in [0, 0.05) is 12.1 Å². The summed E-state index contributed by atoms with van der Waals surface area (Å²) in [7, 11) is -3.60. The van der Waals surface area contributed by atoms with Crippen molar-refractivity contribution in [2.24, 2.45) is 0 Å². The summed E-state index contributed by atoms with van der Waals surface area (Å²) < 4.78 is 30.7. The van der Waals surface area contributed by atoms with E-state index in [2.05, 4.69) is 28.6 Å². The maximum absolute atomic E-state index is 13.0. The number of aromatic nitrogens is 2. The Morgan fingerprint density at radius 3 is 2.31 bits per heavy atom. The van der Waals surface area contributed by atoms with E-state index in [0.29, 0.717) is 22.3 Å². The van der Waals surface area contributed by atoms with Crippen molar-refractivity contribution < 1.29 is 8.42 Å². The van der Waals surface area contributed by atoms with Gasteiger partial charge in [0.1, 0.15) is 4.90 Å². The van der Waals surface area contributed by atoms with Crippen molar-refractivity contribution in [3.8, 4) is 5.69 Å². The summed E-state index contributed by atoms with van der Waals surface area (Å²) in [6.45, 7) is 9.76. The number of rotatable bonds is 5. The van der Waals surface area contributed by atoms with Crippen LogP contribution in [0.5, 0.6) is 0 Å². The van der Waals surface area contributed by atoms with Crippen LogP contribution in [0, 0.1) is 13.8 Å². The molecule has 6 nitrogen and oxygen atoms in total. The zero-order valence-corrected chi connectivity index (χ0v) is 16.8. The van der Waals surface area contributed by atoms with Crippen molar-refractivity contribution in [3.05, 3.63) is 41.7 Å². The lowest BCUT2D eigenvalue weighted by molar-refractivity contribution is 0.168. The maximum Gasteiger partial charge on any atom is 0.244 e. The molecular weight excluding hydrogens is 348 g/mol. The molecule has 0 bridgehead atoms. The summed E-state index contributed by atoms with van der Waals surface area (Å²) in [4.78, 5) is 2.68. The van der Waals surface area contributed by atoms with E-state index < -0.39 is 10.0 Å². The largest absolute Gasteiger partial charge is 0.301 e. The van der Waals surface area contributed by atoms with Crippen LogP contribution < -0.4 is 4.72 Å². The fourth-order valence-electron chi connectivity index (χ4n) is 3.65. The van der Waals surface area contributed by atoms with Crippen molar-refractivity contribution in [1.29, 1.82) is 0 Å². The van der Waals surface area contributed by atoms with Gasteiger partial charge in [-0.1, -0.05) is 18.2 Å². The standard InChI is InChI=1S/C19H28N4O2S/c1-14(2)22-12-10-17(11-13-22)21-26(24,25)19-15(3)20-23(16(19)4)18-8-6-5-7-9-18/h5-9,14,17,21H,10-13H2,1-4H3. The quantitative estimate of drug-likeness (QED) is 0.871. The number of likely N-dealkylation sites (tertiary alicyclic amines) is 1. The van der Waals surface area contributed by atoms with Gasteiger partial charge in [-0.25, -0.2) is 17.8 Å². The Kier molecular flexibility index (Phi) is 5.50. The first-order chi connectivity index (χ1) is 12.3. The lowest BCUT2D eigenvalue weighted by atomic mass is 10.1. The molecular formula is C19H28N4O2S. The number of piperidine rings is 1. The van der Waals surface area contributed by atoms with Crippen LogP contribution in [-0.4, -0.2) is 48.3 Å². The van der Waals surface area contributed by atoms with Crippen molar-refractivity contribution in [2.45, 2.75) is 57.5 Å². The zero-order chi connectivity index (χ0) is 18.9. The van der Waals surface area contributed by atoms with Gasteiger partial charge in [0.2, 0.25) is 10.0 Å². The number of para-hydroxylation sites is 1. The molecule has 0 aliphatic carbocycles. The molecule has 26 heavy (non-hydrogen) atoms. The molecule has 1 fully saturated rings. The average molecular weight is 377 g/mol. The van der Waals surface area contributed by atoms with Gasteiger partial charge in [0.05, 0.1) is 17.1 Å². The first kappa shape index (κ1) is 19.1. The molecule has 2 heterocycles. The third kappa shape index (κ3) is 3.84. The highest BCUT2D eigenvalue weighted by atomic mass is 32.2. The normalized spacial score (nSPS) is 17.1. The van der Waals surface area contributed by atoms with Gasteiger partial charge in [-0.3, -0.25) is 0 Å². The third-order valence-corrected chi connectivity index (χ3v) is 6.85. The Balaban J connectivity index is 1.81. The Bertz CT molecular complexity index is 851. The van der Waals surface area contributed by atoms with Crippen LogP contribution >= 0.6 is 0 Å². The molecule has 0 spiro atoms. The molecule has 1 aromatic carbocycles. The highest BCUT2D eigenvalue weighted by molar-refractivity contribution is 7.89. The van der Waals surface area contributed by atoms with Crippen molar-refractivity contribution in [2.75, 3.05) is 13.1 Å². The number of aryl methyl sites for hydroxylation is 1. The molecule has 0 unspecified atom stereocenters. The van der Waals surface area contributed by atoms with Crippen LogP contribution in [0.2, 0.25) is 0 Å². The number of sulfonamides is 1. The van der Waals surface area contributed by atoms with E-state index >= 15 is 0 Å². The first-order valence-electron chi connectivity index (χ1n) is 9.17. The highest BCUT2D eigenvalue weighted by Crippen LogP contribution is 2.24. The SMILES string of the molecule is Cc1nn(-c2ccccc2)c(C)c1S(=O)(=O)NC1CCN(C(C)C)CC1. The number of hydrogen-bond donors (Lipinski definition) is 1. The molecule has 0 saturated carbocycles. The van der Waals surface area contributed by atoms with Gasteiger partial charge in [-0.05, 0) is 65.8 Å². The Morgan fingerprint density at radius 2 is 1.73 bits per heavy atom. The Labute approximate surface area is 156 Å². The fraction of sp³-hybridized carbons (Fsp3) is 0.526. The number of nitrogens with zero attached hydrogens (tertiary/aromatic N) is 3. The lowest BCUT2D eigenvalue weighted by Crippen LogP contribution is -2.46. The van der Waals surface area contributed by atoms with Crippen LogP contribution in [0.3, 0.4) is 0 Å². The molecule has 3 rings (SSSR count). The summed E-state index contributed by atoms with van der Waals surface area (Å²) in [6.07, 6.45) is 1.67. The van der Waals surface area contributed by atoms with E-state index in [9.17, 15) is 8.42 Å². The molecule has 1 aliphatic rings. The molecule has 1 N–H and O–H groups in total. The first-order valence-corrected chi connectivity index (χ1v) is 10.7. The summed E-state index contributed by atoms with van der Waals surface area (Å²) in [5.74, 6) is 0. The second-order valence-electron chi connectivity index (χ2n) is 7.27. The second-order valence-corrected chi connectivity index (χ2v) is 8.92. The van der Waals surface area contributed by atoms with E-state index in [0.717, 1.165) is 31.6 Å². The number of hydrogen-bond acceptors (Lipinski definition) is 4. The molecule has 1 aromatic heterocycles. The number of nitrogens with one attached hydrogen (secondary N) is 1. The monoisotopic (exact) mass is 376 g/mol. The Hall–Kier alpha value is -1.70. The smallest absolute Gasteiger partial charge is 0.244 e. The van der Waals surface area contributed by atoms with Crippen LogP contribution in [0.4, 0.5) is 0 Å². The summed E-state index contributed by atoms with van der Waals surface area (Å²) in [6, 6.07) is 10.1. The summed E-state index contributed by atoms with van der Waals surface area (Å²) >= 11 is 0. The predicted molar refractivity (Wildman–Crippen MR) is 103 cm³/mol. The molecule has 0 amide bonds. The molecule has 0 atom stereocenters. The topological polar surface area (TPSA) is 67.2 Å². The van der Waals surface area contributed by atoms with Crippen LogP contribution in [-0.2, 0) is 10.0 Å². The van der Waals surface area contributed by atoms with Gasteiger partial charge >= 0.3 is 0 Å². The molecule has 1 saturated heterocycles.